The zero-order chi connectivity index (χ0) is 15.4. The molecule has 1 N–H and O–H groups in total. The molecule has 2 rings (SSSR count). The van der Waals surface area contributed by atoms with Crippen molar-refractivity contribution in [1.29, 1.82) is 0 Å². The summed E-state index contributed by atoms with van der Waals surface area (Å²) < 4.78 is 54.2. The van der Waals surface area contributed by atoms with Crippen LogP contribution in [0.5, 0.6) is 0 Å². The predicted octanol–water partition coefficient (Wildman–Crippen LogP) is 4.41. The SMILES string of the molecule is CCCNCc1ccc(F)cc1-c1c(F)cc(F)cc1F. The molecule has 0 atom stereocenters. The zero-order valence-electron chi connectivity index (χ0n) is 11.5. The van der Waals surface area contributed by atoms with Crippen molar-refractivity contribution in [2.45, 2.75) is 19.9 Å². The first-order valence-electron chi connectivity index (χ1n) is 6.67. The number of halogens is 4. The minimum atomic E-state index is -1.05. The van der Waals surface area contributed by atoms with Crippen molar-refractivity contribution in [2.24, 2.45) is 0 Å². The lowest BCUT2D eigenvalue weighted by molar-refractivity contribution is 0.547. The van der Waals surface area contributed by atoms with Crippen LogP contribution in [0.1, 0.15) is 18.9 Å². The Labute approximate surface area is 120 Å². The molecule has 0 fully saturated rings. The van der Waals surface area contributed by atoms with Crippen molar-refractivity contribution < 1.29 is 17.6 Å². The molecular formula is C16H15F4N. The smallest absolute Gasteiger partial charge is 0.136 e. The summed E-state index contributed by atoms with van der Waals surface area (Å²) in [4.78, 5) is 0. The van der Waals surface area contributed by atoms with Gasteiger partial charge in [-0.2, -0.15) is 0 Å². The molecule has 2 aromatic carbocycles. The Kier molecular flexibility index (Phi) is 4.96. The Bertz CT molecular complexity index is 617. The van der Waals surface area contributed by atoms with Crippen molar-refractivity contribution in [2.75, 3.05) is 6.54 Å². The Morgan fingerprint density at radius 3 is 2.19 bits per heavy atom. The highest BCUT2D eigenvalue weighted by atomic mass is 19.1. The number of hydrogen-bond acceptors (Lipinski definition) is 1. The summed E-state index contributed by atoms with van der Waals surface area (Å²) in [5.41, 5.74) is 0.229. The van der Waals surface area contributed by atoms with Crippen LogP contribution in [0.25, 0.3) is 11.1 Å². The van der Waals surface area contributed by atoms with Gasteiger partial charge in [0.1, 0.15) is 23.3 Å². The topological polar surface area (TPSA) is 12.0 Å². The van der Waals surface area contributed by atoms with Crippen LogP contribution < -0.4 is 5.32 Å². The van der Waals surface area contributed by atoms with Gasteiger partial charge >= 0.3 is 0 Å². The lowest BCUT2D eigenvalue weighted by Crippen LogP contribution is -2.14. The third-order valence-corrected chi connectivity index (χ3v) is 3.09. The van der Waals surface area contributed by atoms with Crippen molar-refractivity contribution in [3.05, 3.63) is 59.2 Å². The third kappa shape index (κ3) is 3.61. The summed E-state index contributed by atoms with van der Waals surface area (Å²) in [6, 6.07) is 4.93. The van der Waals surface area contributed by atoms with Gasteiger partial charge in [0, 0.05) is 18.7 Å². The van der Waals surface area contributed by atoms with Gasteiger partial charge in [-0.25, -0.2) is 17.6 Å². The lowest BCUT2D eigenvalue weighted by atomic mass is 9.98. The first-order valence-corrected chi connectivity index (χ1v) is 6.67. The van der Waals surface area contributed by atoms with E-state index in [2.05, 4.69) is 5.32 Å². The van der Waals surface area contributed by atoms with Crippen molar-refractivity contribution in [3.63, 3.8) is 0 Å². The predicted molar refractivity (Wildman–Crippen MR) is 73.7 cm³/mol. The summed E-state index contributed by atoms with van der Waals surface area (Å²) in [6.07, 6.45) is 0.899. The molecule has 0 saturated carbocycles. The molecule has 0 bridgehead atoms. The fraction of sp³-hybridized carbons (Fsp3) is 0.250. The molecule has 5 heteroatoms. The minimum absolute atomic E-state index is 0.0913. The van der Waals surface area contributed by atoms with Crippen LogP contribution >= 0.6 is 0 Å². The Morgan fingerprint density at radius 1 is 0.905 bits per heavy atom. The molecular weight excluding hydrogens is 282 g/mol. The van der Waals surface area contributed by atoms with E-state index in [0.29, 0.717) is 24.2 Å². The second kappa shape index (κ2) is 6.72. The normalized spacial score (nSPS) is 10.9. The zero-order valence-corrected chi connectivity index (χ0v) is 11.5. The molecule has 0 heterocycles. The van der Waals surface area contributed by atoms with Gasteiger partial charge in [-0.1, -0.05) is 13.0 Å². The number of nitrogens with one attached hydrogen (secondary N) is 1. The van der Waals surface area contributed by atoms with Gasteiger partial charge in [0.25, 0.3) is 0 Å². The van der Waals surface area contributed by atoms with Gasteiger partial charge in [-0.15, -0.1) is 0 Å². The molecule has 2 aromatic rings. The van der Waals surface area contributed by atoms with E-state index in [1.54, 1.807) is 0 Å². The lowest BCUT2D eigenvalue weighted by Gasteiger charge is -2.12. The largest absolute Gasteiger partial charge is 0.313 e. The Hall–Kier alpha value is -1.88. The minimum Gasteiger partial charge on any atom is -0.313 e. The average molecular weight is 297 g/mol. The summed E-state index contributed by atoms with van der Waals surface area (Å²) in [7, 11) is 0. The van der Waals surface area contributed by atoms with E-state index in [1.807, 2.05) is 6.92 Å². The molecule has 0 aliphatic heterocycles. The first-order chi connectivity index (χ1) is 10.0. The molecule has 0 aliphatic carbocycles. The monoisotopic (exact) mass is 297 g/mol. The van der Waals surface area contributed by atoms with E-state index in [0.717, 1.165) is 19.0 Å². The van der Waals surface area contributed by atoms with E-state index in [4.69, 9.17) is 0 Å². The van der Waals surface area contributed by atoms with E-state index in [-0.39, 0.29) is 5.56 Å². The summed E-state index contributed by atoms with van der Waals surface area (Å²) in [5, 5.41) is 3.09. The third-order valence-electron chi connectivity index (χ3n) is 3.09. The van der Waals surface area contributed by atoms with Gasteiger partial charge in [-0.3, -0.25) is 0 Å². The fourth-order valence-corrected chi connectivity index (χ4v) is 2.13. The summed E-state index contributed by atoms with van der Waals surface area (Å²) in [6.45, 7) is 3.06. The van der Waals surface area contributed by atoms with Crippen LogP contribution in [-0.4, -0.2) is 6.54 Å². The summed E-state index contributed by atoms with van der Waals surface area (Å²) in [5.74, 6) is -3.70. The van der Waals surface area contributed by atoms with Gasteiger partial charge in [0.2, 0.25) is 0 Å². The van der Waals surface area contributed by atoms with Crippen LogP contribution in [0.15, 0.2) is 30.3 Å². The maximum absolute atomic E-state index is 13.9. The maximum Gasteiger partial charge on any atom is 0.136 e. The maximum atomic E-state index is 13.9. The van der Waals surface area contributed by atoms with E-state index < -0.39 is 28.8 Å². The standard InChI is InChI=1S/C16H15F4N/c1-2-5-21-9-10-3-4-11(17)6-13(10)16-14(19)7-12(18)8-15(16)20/h3-4,6-8,21H,2,5,9H2,1H3. The molecule has 0 amide bonds. The average Bonchev–Trinajstić information content (AvgIpc) is 2.40. The van der Waals surface area contributed by atoms with Gasteiger partial charge in [0.05, 0.1) is 5.56 Å². The van der Waals surface area contributed by atoms with Crippen molar-refractivity contribution >= 4 is 0 Å². The molecule has 21 heavy (non-hydrogen) atoms. The fourth-order valence-electron chi connectivity index (χ4n) is 2.13. The second-order valence-electron chi connectivity index (χ2n) is 4.72. The number of hydrogen-bond donors (Lipinski definition) is 1. The number of benzene rings is 2. The van der Waals surface area contributed by atoms with Crippen molar-refractivity contribution in [1.82, 2.24) is 5.32 Å². The molecule has 112 valence electrons. The summed E-state index contributed by atoms with van der Waals surface area (Å²) >= 11 is 0. The molecule has 0 saturated heterocycles. The Morgan fingerprint density at radius 2 is 1.57 bits per heavy atom. The molecule has 0 spiro atoms. The van der Waals surface area contributed by atoms with E-state index in [9.17, 15) is 17.6 Å². The molecule has 0 unspecified atom stereocenters. The van der Waals surface area contributed by atoms with Crippen LogP contribution in [0.2, 0.25) is 0 Å². The van der Waals surface area contributed by atoms with E-state index >= 15 is 0 Å². The molecule has 1 nitrogen and oxygen atoms in total. The quantitative estimate of drug-likeness (QED) is 0.637. The first kappa shape index (κ1) is 15.5. The van der Waals surface area contributed by atoms with Crippen molar-refractivity contribution in [3.8, 4) is 11.1 Å². The molecule has 0 aliphatic rings. The van der Waals surface area contributed by atoms with Gasteiger partial charge in [-0.05, 0) is 36.2 Å². The van der Waals surface area contributed by atoms with Crippen LogP contribution in [0.4, 0.5) is 17.6 Å². The highest BCUT2D eigenvalue weighted by molar-refractivity contribution is 5.68. The second-order valence-corrected chi connectivity index (χ2v) is 4.72. The number of rotatable bonds is 5. The Balaban J connectivity index is 2.49. The highest BCUT2D eigenvalue weighted by Gasteiger charge is 2.17. The molecule has 0 radical (unpaired) electrons. The highest BCUT2D eigenvalue weighted by Crippen LogP contribution is 2.30. The van der Waals surface area contributed by atoms with Crippen LogP contribution in [0.3, 0.4) is 0 Å². The van der Waals surface area contributed by atoms with Gasteiger partial charge < -0.3 is 5.32 Å². The van der Waals surface area contributed by atoms with E-state index in [1.165, 1.54) is 12.1 Å². The van der Waals surface area contributed by atoms with Gasteiger partial charge in [0.15, 0.2) is 0 Å². The van der Waals surface area contributed by atoms with Crippen LogP contribution in [0, 0.1) is 23.3 Å². The van der Waals surface area contributed by atoms with Crippen LogP contribution in [-0.2, 0) is 6.54 Å². The molecule has 0 aromatic heterocycles.